The summed E-state index contributed by atoms with van der Waals surface area (Å²) >= 11 is 0. The van der Waals surface area contributed by atoms with Gasteiger partial charge in [-0.15, -0.1) is 0 Å². The zero-order valence-corrected chi connectivity index (χ0v) is 17.0. The van der Waals surface area contributed by atoms with Crippen molar-refractivity contribution in [1.29, 1.82) is 0 Å². The molecule has 0 spiro atoms. The standard InChI is InChI=1S/C27H25NO2/c1-29-27-17-14-24(23-10-6-3-7-11-23)18-26(27)28-19-21-12-15-25(16-13-21)30-20-22-8-4-2-5-9-22/h2-18,28H,19-20H2,1H3. The van der Waals surface area contributed by atoms with Gasteiger partial charge in [0.05, 0.1) is 12.8 Å². The first-order chi connectivity index (χ1) is 14.8. The van der Waals surface area contributed by atoms with Crippen molar-refractivity contribution in [2.45, 2.75) is 13.2 Å². The lowest BCUT2D eigenvalue weighted by atomic mass is 10.0. The molecular formula is C27H25NO2. The van der Waals surface area contributed by atoms with Crippen molar-refractivity contribution in [3.63, 3.8) is 0 Å². The van der Waals surface area contributed by atoms with Gasteiger partial charge in [0, 0.05) is 6.54 Å². The van der Waals surface area contributed by atoms with Crippen molar-refractivity contribution in [2.24, 2.45) is 0 Å². The topological polar surface area (TPSA) is 30.5 Å². The fourth-order valence-corrected chi connectivity index (χ4v) is 3.30. The number of rotatable bonds is 8. The van der Waals surface area contributed by atoms with Crippen LogP contribution >= 0.6 is 0 Å². The summed E-state index contributed by atoms with van der Waals surface area (Å²) in [4.78, 5) is 0. The third-order valence-electron chi connectivity index (χ3n) is 4.96. The third-order valence-corrected chi connectivity index (χ3v) is 4.96. The summed E-state index contributed by atoms with van der Waals surface area (Å²) in [6, 6.07) is 34.9. The van der Waals surface area contributed by atoms with Gasteiger partial charge < -0.3 is 14.8 Å². The summed E-state index contributed by atoms with van der Waals surface area (Å²) in [5.74, 6) is 1.70. The Morgan fingerprint density at radius 1 is 0.667 bits per heavy atom. The van der Waals surface area contributed by atoms with E-state index in [0.29, 0.717) is 13.2 Å². The number of methoxy groups -OCH3 is 1. The SMILES string of the molecule is COc1ccc(-c2ccccc2)cc1NCc1ccc(OCc2ccccc2)cc1. The lowest BCUT2D eigenvalue weighted by molar-refractivity contribution is 0.306. The second-order valence-electron chi connectivity index (χ2n) is 7.05. The maximum atomic E-state index is 5.87. The molecule has 0 unspecified atom stereocenters. The first-order valence-electron chi connectivity index (χ1n) is 10.0. The van der Waals surface area contributed by atoms with Gasteiger partial charge in [-0.2, -0.15) is 0 Å². The van der Waals surface area contributed by atoms with E-state index < -0.39 is 0 Å². The molecule has 4 rings (SSSR count). The minimum Gasteiger partial charge on any atom is -0.495 e. The number of nitrogens with one attached hydrogen (secondary N) is 1. The second kappa shape index (κ2) is 9.66. The van der Waals surface area contributed by atoms with Gasteiger partial charge in [-0.05, 0) is 46.5 Å². The number of hydrogen-bond acceptors (Lipinski definition) is 3. The first-order valence-corrected chi connectivity index (χ1v) is 10.0. The minimum atomic E-state index is 0.571. The van der Waals surface area contributed by atoms with Crippen molar-refractivity contribution in [3.05, 3.63) is 114 Å². The van der Waals surface area contributed by atoms with Crippen LogP contribution in [0.5, 0.6) is 11.5 Å². The highest BCUT2D eigenvalue weighted by Crippen LogP contribution is 2.31. The van der Waals surface area contributed by atoms with Crippen molar-refractivity contribution in [1.82, 2.24) is 0 Å². The highest BCUT2D eigenvalue weighted by atomic mass is 16.5. The van der Waals surface area contributed by atoms with E-state index in [1.165, 1.54) is 11.1 Å². The minimum absolute atomic E-state index is 0.571. The van der Waals surface area contributed by atoms with Crippen LogP contribution in [0.15, 0.2) is 103 Å². The predicted molar refractivity (Wildman–Crippen MR) is 123 cm³/mol. The molecule has 0 aromatic heterocycles. The lowest BCUT2D eigenvalue weighted by Gasteiger charge is -2.14. The van der Waals surface area contributed by atoms with Crippen LogP contribution in [0.25, 0.3) is 11.1 Å². The summed E-state index contributed by atoms with van der Waals surface area (Å²) in [6.45, 7) is 1.27. The number of ether oxygens (including phenoxy) is 2. The predicted octanol–water partition coefficient (Wildman–Crippen LogP) is 6.55. The number of hydrogen-bond donors (Lipinski definition) is 1. The van der Waals surface area contributed by atoms with E-state index in [0.717, 1.165) is 28.3 Å². The monoisotopic (exact) mass is 395 g/mol. The lowest BCUT2D eigenvalue weighted by Crippen LogP contribution is -2.02. The van der Waals surface area contributed by atoms with E-state index in [9.17, 15) is 0 Å². The molecule has 0 amide bonds. The van der Waals surface area contributed by atoms with Gasteiger partial charge >= 0.3 is 0 Å². The Morgan fingerprint density at radius 3 is 2.07 bits per heavy atom. The third kappa shape index (κ3) is 5.00. The molecule has 3 nitrogen and oxygen atoms in total. The van der Waals surface area contributed by atoms with Crippen LogP contribution in [0.4, 0.5) is 5.69 Å². The maximum Gasteiger partial charge on any atom is 0.141 e. The Balaban J connectivity index is 1.40. The Bertz CT molecular complexity index is 1060. The molecule has 0 fully saturated rings. The summed E-state index contributed by atoms with van der Waals surface area (Å²) in [7, 11) is 1.70. The molecule has 0 aliphatic rings. The molecule has 0 saturated carbocycles. The zero-order valence-electron chi connectivity index (χ0n) is 17.0. The normalized spacial score (nSPS) is 10.4. The highest BCUT2D eigenvalue weighted by Gasteiger charge is 2.06. The largest absolute Gasteiger partial charge is 0.495 e. The molecule has 0 aliphatic carbocycles. The molecule has 0 saturated heterocycles. The average molecular weight is 396 g/mol. The van der Waals surface area contributed by atoms with Gasteiger partial charge in [-0.25, -0.2) is 0 Å². The highest BCUT2D eigenvalue weighted by molar-refractivity contribution is 5.72. The molecular weight excluding hydrogens is 370 g/mol. The summed E-state index contributed by atoms with van der Waals surface area (Å²) in [5, 5.41) is 3.50. The Kier molecular flexibility index (Phi) is 6.31. The zero-order chi connectivity index (χ0) is 20.6. The average Bonchev–Trinajstić information content (AvgIpc) is 2.83. The molecule has 0 radical (unpaired) electrons. The summed E-state index contributed by atoms with van der Waals surface area (Å²) < 4.78 is 11.4. The van der Waals surface area contributed by atoms with Crippen molar-refractivity contribution >= 4 is 5.69 Å². The van der Waals surface area contributed by atoms with Crippen molar-refractivity contribution in [3.8, 4) is 22.6 Å². The van der Waals surface area contributed by atoms with Crippen LogP contribution in [0, 0.1) is 0 Å². The molecule has 0 atom stereocenters. The van der Waals surface area contributed by atoms with Gasteiger partial charge in [-0.3, -0.25) is 0 Å². The van der Waals surface area contributed by atoms with Gasteiger partial charge in [0.2, 0.25) is 0 Å². The van der Waals surface area contributed by atoms with E-state index in [2.05, 4.69) is 53.8 Å². The molecule has 0 aliphatic heterocycles. The van der Waals surface area contributed by atoms with Crippen LogP contribution in [-0.2, 0) is 13.2 Å². The Hall–Kier alpha value is -3.72. The molecule has 0 heterocycles. The first kappa shape index (κ1) is 19.6. The molecule has 4 aromatic rings. The smallest absolute Gasteiger partial charge is 0.141 e. The quantitative estimate of drug-likeness (QED) is 0.367. The fourth-order valence-electron chi connectivity index (χ4n) is 3.30. The van der Waals surface area contributed by atoms with Crippen LogP contribution in [-0.4, -0.2) is 7.11 Å². The van der Waals surface area contributed by atoms with Gasteiger partial charge in [0.15, 0.2) is 0 Å². The summed E-state index contributed by atoms with van der Waals surface area (Å²) in [6.07, 6.45) is 0. The van der Waals surface area contributed by atoms with Crippen molar-refractivity contribution in [2.75, 3.05) is 12.4 Å². The Labute approximate surface area is 177 Å². The van der Waals surface area contributed by atoms with Crippen LogP contribution in [0.2, 0.25) is 0 Å². The summed E-state index contributed by atoms with van der Waals surface area (Å²) in [5.41, 5.74) is 5.65. The molecule has 3 heteroatoms. The van der Waals surface area contributed by atoms with Gasteiger partial charge in [0.25, 0.3) is 0 Å². The van der Waals surface area contributed by atoms with E-state index in [1.54, 1.807) is 7.11 Å². The van der Waals surface area contributed by atoms with Crippen LogP contribution in [0.1, 0.15) is 11.1 Å². The molecule has 4 aromatic carbocycles. The molecule has 150 valence electrons. The van der Waals surface area contributed by atoms with E-state index >= 15 is 0 Å². The van der Waals surface area contributed by atoms with Crippen molar-refractivity contribution < 1.29 is 9.47 Å². The number of anilines is 1. The Morgan fingerprint density at radius 2 is 1.37 bits per heavy atom. The number of benzene rings is 4. The van der Waals surface area contributed by atoms with E-state index in [4.69, 9.17) is 9.47 Å². The second-order valence-corrected chi connectivity index (χ2v) is 7.05. The van der Waals surface area contributed by atoms with Crippen LogP contribution in [0.3, 0.4) is 0 Å². The van der Waals surface area contributed by atoms with Gasteiger partial charge in [-0.1, -0.05) is 78.9 Å². The van der Waals surface area contributed by atoms with E-state index in [-0.39, 0.29) is 0 Å². The molecule has 0 bridgehead atoms. The molecule has 1 N–H and O–H groups in total. The van der Waals surface area contributed by atoms with Crippen LogP contribution < -0.4 is 14.8 Å². The van der Waals surface area contributed by atoms with Gasteiger partial charge in [0.1, 0.15) is 18.1 Å². The fraction of sp³-hybridized carbons (Fsp3) is 0.111. The van der Waals surface area contributed by atoms with E-state index in [1.807, 2.05) is 54.6 Å². The molecule has 30 heavy (non-hydrogen) atoms. The maximum absolute atomic E-state index is 5.87.